The topological polar surface area (TPSA) is 55.6 Å². The standard InChI is InChI=1S/C60H39N3O2/c1-35-30-50(47-25-13-23-45-44-22-9-11-27-54(44)64-59(45)47)61-60(46-24-12-18-36-14-4-6-19-41(36)46)62-57(35)40-33-53(56-48-29-28-37-15-5-7-20-42(37)58(48)65-55(56)34-40)63-51-26-10-8-21-43(51)49-31-38-16-2-3-17-39(38)32-52(49)63/h2-29,31-34,60,62H,30H2,1H3. The Morgan fingerprint density at radius 1 is 0.492 bits per heavy atom. The van der Waals surface area contributed by atoms with Crippen LogP contribution in [0.2, 0.25) is 0 Å². The van der Waals surface area contributed by atoms with Crippen LogP contribution in [0.4, 0.5) is 0 Å². The van der Waals surface area contributed by atoms with Gasteiger partial charge in [-0.05, 0) is 88.0 Å². The molecule has 13 aromatic rings. The zero-order chi connectivity index (χ0) is 42.8. The molecule has 0 fully saturated rings. The van der Waals surface area contributed by atoms with E-state index in [-0.39, 0.29) is 0 Å². The summed E-state index contributed by atoms with van der Waals surface area (Å²) in [6, 6.07) is 69.6. The lowest BCUT2D eigenvalue weighted by molar-refractivity contribution is 0.665. The number of aromatic nitrogens is 1. The van der Waals surface area contributed by atoms with Crippen LogP contribution >= 0.6 is 0 Å². The smallest absolute Gasteiger partial charge is 0.145 e. The van der Waals surface area contributed by atoms with Crippen LogP contribution in [-0.2, 0) is 0 Å². The van der Waals surface area contributed by atoms with Crippen LogP contribution in [0.15, 0.2) is 214 Å². The molecule has 0 spiro atoms. The molecule has 0 amide bonds. The van der Waals surface area contributed by atoms with E-state index >= 15 is 0 Å². The molecule has 5 nitrogen and oxygen atoms in total. The summed E-state index contributed by atoms with van der Waals surface area (Å²) >= 11 is 0. The Morgan fingerprint density at radius 3 is 2.02 bits per heavy atom. The zero-order valence-electron chi connectivity index (χ0n) is 35.5. The molecular formula is C60H39N3O2. The molecule has 5 heteroatoms. The highest BCUT2D eigenvalue weighted by Crippen LogP contribution is 2.44. The quantitative estimate of drug-likeness (QED) is 0.192. The Bertz CT molecular complexity index is 4210. The number of para-hydroxylation sites is 3. The summed E-state index contributed by atoms with van der Waals surface area (Å²) in [5.41, 5.74) is 13.1. The number of allylic oxidation sites excluding steroid dienone is 1. The highest BCUT2D eigenvalue weighted by molar-refractivity contribution is 6.21. The molecular weight excluding hydrogens is 795 g/mol. The summed E-state index contributed by atoms with van der Waals surface area (Å²) in [4.78, 5) is 5.70. The first-order valence-electron chi connectivity index (χ1n) is 22.3. The van der Waals surface area contributed by atoms with Crippen LogP contribution < -0.4 is 5.32 Å². The molecule has 0 radical (unpaired) electrons. The summed E-state index contributed by atoms with van der Waals surface area (Å²) in [5, 5.41) is 17.9. The predicted molar refractivity (Wildman–Crippen MR) is 270 cm³/mol. The number of nitrogens with zero attached hydrogens (tertiary/aromatic N) is 2. The Morgan fingerprint density at radius 2 is 1.15 bits per heavy atom. The Kier molecular flexibility index (Phi) is 7.66. The number of rotatable bonds is 4. The number of nitrogens with one attached hydrogen (secondary N) is 1. The predicted octanol–water partition coefficient (Wildman–Crippen LogP) is 16.0. The summed E-state index contributed by atoms with van der Waals surface area (Å²) in [7, 11) is 0. The van der Waals surface area contributed by atoms with Crippen molar-refractivity contribution in [2.45, 2.75) is 19.5 Å². The zero-order valence-corrected chi connectivity index (χ0v) is 35.5. The summed E-state index contributed by atoms with van der Waals surface area (Å²) < 4.78 is 16.3. The third-order valence-electron chi connectivity index (χ3n) is 13.8. The van der Waals surface area contributed by atoms with Crippen LogP contribution in [0, 0.1) is 0 Å². The van der Waals surface area contributed by atoms with Crippen molar-refractivity contribution in [1.29, 1.82) is 0 Å². The largest absolute Gasteiger partial charge is 0.455 e. The van der Waals surface area contributed by atoms with Crippen molar-refractivity contribution in [2.24, 2.45) is 4.99 Å². The van der Waals surface area contributed by atoms with E-state index in [9.17, 15) is 0 Å². The number of fused-ring (bicyclic) bond motifs is 13. The monoisotopic (exact) mass is 833 g/mol. The maximum absolute atomic E-state index is 7.13. The van der Waals surface area contributed by atoms with Gasteiger partial charge in [-0.2, -0.15) is 0 Å². The minimum absolute atomic E-state index is 0.415. The molecule has 1 N–H and O–H groups in total. The molecule has 0 saturated heterocycles. The van der Waals surface area contributed by atoms with Gasteiger partial charge in [0.05, 0.1) is 27.8 Å². The normalized spacial score (nSPS) is 14.8. The number of hydrogen-bond acceptors (Lipinski definition) is 4. The first-order chi connectivity index (χ1) is 32.1. The van der Waals surface area contributed by atoms with Crippen molar-refractivity contribution >= 4 is 109 Å². The first kappa shape index (κ1) is 36.1. The maximum Gasteiger partial charge on any atom is 0.145 e. The molecule has 1 unspecified atom stereocenters. The van der Waals surface area contributed by atoms with Crippen molar-refractivity contribution in [1.82, 2.24) is 9.88 Å². The van der Waals surface area contributed by atoms with Crippen molar-refractivity contribution in [3.63, 3.8) is 0 Å². The van der Waals surface area contributed by atoms with Crippen LogP contribution in [0.1, 0.15) is 36.2 Å². The first-order valence-corrected chi connectivity index (χ1v) is 22.3. The van der Waals surface area contributed by atoms with E-state index in [1.807, 2.05) is 12.1 Å². The van der Waals surface area contributed by atoms with E-state index in [4.69, 9.17) is 13.8 Å². The van der Waals surface area contributed by atoms with E-state index in [1.54, 1.807) is 0 Å². The fourth-order valence-corrected chi connectivity index (χ4v) is 10.8. The minimum Gasteiger partial charge on any atom is -0.455 e. The van der Waals surface area contributed by atoms with Gasteiger partial charge in [0, 0.05) is 61.1 Å². The van der Waals surface area contributed by atoms with Crippen LogP contribution in [0.3, 0.4) is 0 Å². The number of benzene rings is 10. The van der Waals surface area contributed by atoms with Crippen LogP contribution in [-0.4, -0.2) is 10.3 Å². The Hall–Kier alpha value is -8.41. The van der Waals surface area contributed by atoms with Crippen molar-refractivity contribution in [3.8, 4) is 5.69 Å². The molecule has 10 aromatic carbocycles. The molecule has 65 heavy (non-hydrogen) atoms. The molecule has 306 valence electrons. The van der Waals surface area contributed by atoms with Gasteiger partial charge in [0.15, 0.2) is 0 Å². The Balaban J connectivity index is 1.06. The SMILES string of the molecule is CC1=C(c2cc(-n3c4ccccc4c4cc5ccccc5cc43)c3c(c2)oc2c4ccccc4ccc23)NC(c2cccc3ccccc23)N=C(c2cccc3c2oc2ccccc23)C1. The van der Waals surface area contributed by atoms with E-state index in [0.717, 1.165) is 105 Å². The third kappa shape index (κ3) is 5.42. The second-order valence-electron chi connectivity index (χ2n) is 17.5. The van der Waals surface area contributed by atoms with Gasteiger partial charge in [-0.25, -0.2) is 0 Å². The summed E-state index contributed by atoms with van der Waals surface area (Å²) in [6.45, 7) is 2.24. The van der Waals surface area contributed by atoms with Crippen molar-refractivity contribution in [3.05, 3.63) is 216 Å². The number of furan rings is 2. The Labute approximate surface area is 373 Å². The van der Waals surface area contributed by atoms with E-state index in [0.29, 0.717) is 6.42 Å². The fraction of sp³-hybridized carbons (Fsp3) is 0.0500. The van der Waals surface area contributed by atoms with Gasteiger partial charge in [0.25, 0.3) is 0 Å². The summed E-state index contributed by atoms with van der Waals surface area (Å²) in [6.07, 6.45) is 0.195. The van der Waals surface area contributed by atoms with Gasteiger partial charge in [0.1, 0.15) is 28.5 Å². The highest BCUT2D eigenvalue weighted by Gasteiger charge is 2.27. The lowest BCUT2D eigenvalue weighted by Gasteiger charge is -2.21. The van der Waals surface area contributed by atoms with Crippen LogP contribution in [0.25, 0.3) is 109 Å². The summed E-state index contributed by atoms with van der Waals surface area (Å²) in [5.74, 6) is 0. The second kappa shape index (κ2) is 13.8. The van der Waals surface area contributed by atoms with Gasteiger partial charge in [-0.1, -0.05) is 146 Å². The lowest BCUT2D eigenvalue weighted by Crippen LogP contribution is -2.19. The number of aliphatic imine (C=N–C) groups is 1. The number of hydrogen-bond donors (Lipinski definition) is 1. The van der Waals surface area contributed by atoms with Gasteiger partial charge in [-0.15, -0.1) is 0 Å². The molecule has 1 aliphatic heterocycles. The molecule has 1 aliphatic rings. The molecule has 0 bridgehead atoms. The van der Waals surface area contributed by atoms with Gasteiger partial charge in [0.2, 0.25) is 0 Å². The van der Waals surface area contributed by atoms with Crippen molar-refractivity contribution in [2.75, 3.05) is 0 Å². The van der Waals surface area contributed by atoms with Gasteiger partial charge >= 0.3 is 0 Å². The van der Waals surface area contributed by atoms with E-state index in [2.05, 4.69) is 199 Å². The van der Waals surface area contributed by atoms with Gasteiger partial charge < -0.3 is 18.7 Å². The molecule has 3 aromatic heterocycles. The van der Waals surface area contributed by atoms with E-state index in [1.165, 1.54) is 32.5 Å². The highest BCUT2D eigenvalue weighted by atomic mass is 16.3. The van der Waals surface area contributed by atoms with Gasteiger partial charge in [-0.3, -0.25) is 4.99 Å². The molecule has 0 aliphatic carbocycles. The lowest BCUT2D eigenvalue weighted by atomic mass is 9.97. The second-order valence-corrected chi connectivity index (χ2v) is 17.5. The van der Waals surface area contributed by atoms with Crippen molar-refractivity contribution < 1.29 is 8.83 Å². The molecule has 4 heterocycles. The third-order valence-corrected chi connectivity index (χ3v) is 13.8. The maximum atomic E-state index is 7.13. The minimum atomic E-state index is -0.415. The van der Waals surface area contributed by atoms with Crippen LogP contribution in [0.5, 0.6) is 0 Å². The average Bonchev–Trinajstić information content (AvgIpc) is 3.99. The molecule has 1 atom stereocenters. The molecule has 0 saturated carbocycles. The van der Waals surface area contributed by atoms with E-state index < -0.39 is 6.17 Å². The average molecular weight is 834 g/mol. The fourth-order valence-electron chi connectivity index (χ4n) is 10.8. The molecule has 14 rings (SSSR count).